The summed E-state index contributed by atoms with van der Waals surface area (Å²) in [5, 5.41) is 9.97. The van der Waals surface area contributed by atoms with Gasteiger partial charge < -0.3 is 25.3 Å². The molecule has 0 aliphatic rings. The second-order valence-electron chi connectivity index (χ2n) is 3.49. The second-order valence-corrected chi connectivity index (χ2v) is 3.49. The van der Waals surface area contributed by atoms with Crippen LogP contribution in [0, 0.1) is 0 Å². The Morgan fingerprint density at radius 2 is 1.67 bits per heavy atom. The summed E-state index contributed by atoms with van der Waals surface area (Å²) in [6, 6.07) is 0. The van der Waals surface area contributed by atoms with Crippen LogP contribution in [0.5, 0.6) is 0 Å². The lowest BCUT2D eigenvalue weighted by atomic mass is 10.3. The summed E-state index contributed by atoms with van der Waals surface area (Å²) < 4.78 is 0.813. The van der Waals surface area contributed by atoms with Crippen molar-refractivity contribution in [3.63, 3.8) is 0 Å². The number of nitrogens with zero attached hydrogens (tertiary/aromatic N) is 1. The molecule has 0 aliphatic heterocycles. The predicted octanol–water partition coefficient (Wildman–Crippen LogP) is -2.43. The average molecular weight is 181 g/mol. The number of rotatable bonds is 4. The molecule has 0 rings (SSSR count). The lowest BCUT2D eigenvalue weighted by Crippen LogP contribution is -2.36. The first-order valence-electron chi connectivity index (χ1n) is 3.42. The third-order valence-electron chi connectivity index (χ3n) is 1.21. The zero-order valence-corrected chi connectivity index (χ0v) is 7.89. The van der Waals surface area contributed by atoms with Gasteiger partial charge in [-0.25, -0.2) is 0 Å². The van der Waals surface area contributed by atoms with Crippen molar-refractivity contribution in [3.8, 4) is 0 Å². The van der Waals surface area contributed by atoms with E-state index in [2.05, 4.69) is 0 Å². The van der Waals surface area contributed by atoms with Crippen molar-refractivity contribution >= 4 is 5.97 Å². The van der Waals surface area contributed by atoms with Crippen molar-refractivity contribution in [1.82, 2.24) is 0 Å². The topological polar surface area (TPSA) is 103 Å². The number of hydrogen-bond acceptors (Lipinski definition) is 2. The summed E-state index contributed by atoms with van der Waals surface area (Å²) in [7, 11) is 6.11. The monoisotopic (exact) mass is 181 g/mol. The standard InChI is InChI=1S/C7H15NO2.2H2O/c1-8(2,3)6-4-5-7(9)10;;/h4-6H2,1-3H3;2*1H2. The first-order chi connectivity index (χ1) is 4.42. The van der Waals surface area contributed by atoms with E-state index in [0.717, 1.165) is 11.0 Å². The molecule has 0 heterocycles. The highest BCUT2D eigenvalue weighted by Gasteiger charge is 2.04. The van der Waals surface area contributed by atoms with E-state index in [1.807, 2.05) is 21.1 Å². The molecule has 0 fully saturated rings. The van der Waals surface area contributed by atoms with Gasteiger partial charge in [-0.2, -0.15) is 0 Å². The van der Waals surface area contributed by atoms with Gasteiger partial charge in [0.15, 0.2) is 0 Å². The summed E-state index contributed by atoms with van der Waals surface area (Å²) in [5.41, 5.74) is 0. The Kier molecular flexibility index (Phi) is 10.2. The van der Waals surface area contributed by atoms with Gasteiger partial charge in [0.05, 0.1) is 27.7 Å². The number of carboxylic acids is 1. The van der Waals surface area contributed by atoms with Crippen LogP contribution in [0.1, 0.15) is 12.8 Å². The molecule has 0 atom stereocenters. The maximum Gasteiger partial charge on any atom is 0.0784 e. The van der Waals surface area contributed by atoms with E-state index < -0.39 is 5.97 Å². The van der Waals surface area contributed by atoms with Crippen LogP contribution in [-0.4, -0.2) is 49.1 Å². The molecular weight excluding hydrogens is 162 g/mol. The van der Waals surface area contributed by atoms with Gasteiger partial charge in [-0.15, -0.1) is 0 Å². The van der Waals surface area contributed by atoms with Gasteiger partial charge in [0.2, 0.25) is 0 Å². The number of aliphatic carboxylic acids is 1. The highest BCUT2D eigenvalue weighted by atomic mass is 16.4. The van der Waals surface area contributed by atoms with Gasteiger partial charge in [-0.3, -0.25) is 0 Å². The molecule has 0 saturated heterocycles. The molecule has 4 N–H and O–H groups in total. The summed E-state index contributed by atoms with van der Waals surface area (Å²) in [6.45, 7) is 0.883. The molecule has 5 heteroatoms. The van der Waals surface area contributed by atoms with Crippen LogP contribution in [0.2, 0.25) is 0 Å². The fourth-order valence-corrected chi connectivity index (χ4v) is 0.698. The number of quaternary nitrogens is 1. The van der Waals surface area contributed by atoms with Crippen molar-refractivity contribution in [3.05, 3.63) is 0 Å². The molecule has 0 amide bonds. The van der Waals surface area contributed by atoms with E-state index in [9.17, 15) is 9.90 Å². The SMILES string of the molecule is C[N+](C)(C)CCCC(=O)[O-].O.O. The molecule has 0 aliphatic carbocycles. The van der Waals surface area contributed by atoms with Gasteiger partial charge in [0.1, 0.15) is 0 Å². The van der Waals surface area contributed by atoms with Crippen molar-refractivity contribution in [1.29, 1.82) is 0 Å². The van der Waals surface area contributed by atoms with Gasteiger partial charge in [0.25, 0.3) is 0 Å². The molecule has 0 spiro atoms. The van der Waals surface area contributed by atoms with Crippen LogP contribution in [0.3, 0.4) is 0 Å². The van der Waals surface area contributed by atoms with Gasteiger partial charge in [-0.05, 0) is 6.42 Å². The molecule has 5 nitrogen and oxygen atoms in total. The first kappa shape index (κ1) is 17.4. The Labute approximate surface area is 72.8 Å². The molecule has 12 heavy (non-hydrogen) atoms. The Balaban J connectivity index is -0.000000405. The van der Waals surface area contributed by atoms with E-state index in [1.165, 1.54) is 0 Å². The Bertz CT molecular complexity index is 119. The van der Waals surface area contributed by atoms with Gasteiger partial charge >= 0.3 is 0 Å². The number of carbonyl (C=O) groups excluding carboxylic acids is 1. The molecule has 0 bridgehead atoms. The molecule has 0 saturated carbocycles. The molecule has 0 aromatic carbocycles. The quantitative estimate of drug-likeness (QED) is 0.450. The van der Waals surface area contributed by atoms with Crippen LogP contribution < -0.4 is 5.11 Å². The average Bonchev–Trinajstić information content (AvgIpc) is 1.59. The maximum atomic E-state index is 9.97. The first-order valence-corrected chi connectivity index (χ1v) is 3.42. The molecule has 0 unspecified atom stereocenters. The van der Waals surface area contributed by atoms with Crippen LogP contribution in [0.4, 0.5) is 0 Å². The van der Waals surface area contributed by atoms with Crippen molar-refractivity contribution in [2.75, 3.05) is 27.7 Å². The Morgan fingerprint density at radius 3 is 1.92 bits per heavy atom. The molecule has 76 valence electrons. The number of hydrogen-bond donors (Lipinski definition) is 0. The van der Waals surface area contributed by atoms with Crippen LogP contribution >= 0.6 is 0 Å². The lowest BCUT2D eigenvalue weighted by Gasteiger charge is -2.23. The van der Waals surface area contributed by atoms with E-state index >= 15 is 0 Å². The summed E-state index contributed by atoms with van der Waals surface area (Å²) in [4.78, 5) is 9.97. The fraction of sp³-hybridized carbons (Fsp3) is 0.857. The largest absolute Gasteiger partial charge is 0.550 e. The van der Waals surface area contributed by atoms with E-state index in [4.69, 9.17) is 0 Å². The third kappa shape index (κ3) is 16.2. The van der Waals surface area contributed by atoms with E-state index in [0.29, 0.717) is 6.42 Å². The summed E-state index contributed by atoms with van der Waals surface area (Å²) >= 11 is 0. The lowest BCUT2D eigenvalue weighted by molar-refractivity contribution is -0.870. The van der Waals surface area contributed by atoms with Crippen molar-refractivity contribution < 1.29 is 25.3 Å². The van der Waals surface area contributed by atoms with Crippen LogP contribution in [-0.2, 0) is 4.79 Å². The molecular formula is C7H19NO4. The van der Waals surface area contributed by atoms with Crippen molar-refractivity contribution in [2.24, 2.45) is 0 Å². The normalized spacial score (nSPS) is 9.58. The Hall–Kier alpha value is -0.650. The van der Waals surface area contributed by atoms with Gasteiger partial charge in [-0.1, -0.05) is 0 Å². The highest BCUT2D eigenvalue weighted by molar-refractivity contribution is 5.64. The second kappa shape index (κ2) is 7.02. The highest BCUT2D eigenvalue weighted by Crippen LogP contribution is 1.95. The summed E-state index contributed by atoms with van der Waals surface area (Å²) in [6.07, 6.45) is 0.876. The number of carboxylic acid groups (broad SMARTS) is 1. The zero-order valence-electron chi connectivity index (χ0n) is 7.89. The molecule has 0 radical (unpaired) electrons. The van der Waals surface area contributed by atoms with E-state index in [-0.39, 0.29) is 17.4 Å². The smallest absolute Gasteiger partial charge is 0.0784 e. The zero-order chi connectivity index (χ0) is 8.20. The third-order valence-corrected chi connectivity index (χ3v) is 1.21. The minimum absolute atomic E-state index is 0. The van der Waals surface area contributed by atoms with E-state index in [1.54, 1.807) is 0 Å². The Morgan fingerprint density at radius 1 is 1.25 bits per heavy atom. The van der Waals surface area contributed by atoms with Crippen LogP contribution in [0.15, 0.2) is 0 Å². The molecule has 0 aromatic heterocycles. The minimum atomic E-state index is -0.951. The minimum Gasteiger partial charge on any atom is -0.550 e. The van der Waals surface area contributed by atoms with Gasteiger partial charge in [0, 0.05) is 12.4 Å². The molecule has 0 aromatic rings. The predicted molar refractivity (Wildman–Crippen MR) is 44.4 cm³/mol. The van der Waals surface area contributed by atoms with Crippen molar-refractivity contribution in [2.45, 2.75) is 12.8 Å². The number of carbonyl (C=O) groups is 1. The fourth-order valence-electron chi connectivity index (χ4n) is 0.698. The van der Waals surface area contributed by atoms with Crippen LogP contribution in [0.25, 0.3) is 0 Å². The maximum absolute atomic E-state index is 9.97. The summed E-state index contributed by atoms with van der Waals surface area (Å²) in [5.74, 6) is -0.951.